The topological polar surface area (TPSA) is 52.6 Å². The highest BCUT2D eigenvalue weighted by Crippen LogP contribution is 2.44. The lowest BCUT2D eigenvalue weighted by Crippen LogP contribution is -2.40. The highest BCUT2D eigenvalue weighted by Gasteiger charge is 2.36. The number of thiophene rings is 1. The number of amides is 1. The molecule has 1 aliphatic heterocycles. The molecule has 1 atom stereocenters. The lowest BCUT2D eigenvalue weighted by atomic mass is 9.94. The Bertz CT molecular complexity index is 753. The SMILES string of the molecule is CN1C(=O)c2c(sc3c2CCCC3)N[C@@H]1c1ccccc1O. The van der Waals surface area contributed by atoms with Gasteiger partial charge in [-0.3, -0.25) is 4.79 Å². The third-order valence-corrected chi connectivity index (χ3v) is 5.81. The van der Waals surface area contributed by atoms with Gasteiger partial charge in [0.2, 0.25) is 0 Å². The number of carbonyl (C=O) groups excluding carboxylic acids is 1. The largest absolute Gasteiger partial charge is 0.508 e. The van der Waals surface area contributed by atoms with Gasteiger partial charge in [-0.25, -0.2) is 0 Å². The summed E-state index contributed by atoms with van der Waals surface area (Å²) in [4.78, 5) is 15.9. The second kappa shape index (κ2) is 5.02. The van der Waals surface area contributed by atoms with E-state index < -0.39 is 0 Å². The molecule has 1 aliphatic carbocycles. The zero-order valence-electron chi connectivity index (χ0n) is 12.4. The second-order valence-electron chi connectivity index (χ2n) is 5.94. The molecule has 5 heteroatoms. The van der Waals surface area contributed by atoms with E-state index in [1.165, 1.54) is 16.9 Å². The Balaban J connectivity index is 1.80. The standard InChI is InChI=1S/C17H18N2O2S/c1-19-15(10-6-2-4-8-12(10)20)18-16-14(17(19)21)11-7-3-5-9-13(11)22-16/h2,4,6,8,15,18,20H,3,5,7,9H2,1H3/t15-/m0/s1. The average molecular weight is 314 g/mol. The van der Waals surface area contributed by atoms with Crippen molar-refractivity contribution in [3.63, 3.8) is 0 Å². The van der Waals surface area contributed by atoms with E-state index in [0.29, 0.717) is 0 Å². The fraction of sp³-hybridized carbons (Fsp3) is 0.353. The van der Waals surface area contributed by atoms with E-state index in [-0.39, 0.29) is 17.8 Å². The number of nitrogens with zero attached hydrogens (tertiary/aromatic N) is 1. The number of rotatable bonds is 1. The molecule has 0 spiro atoms. The summed E-state index contributed by atoms with van der Waals surface area (Å²) in [6.07, 6.45) is 4.13. The van der Waals surface area contributed by atoms with Crippen molar-refractivity contribution in [1.29, 1.82) is 0 Å². The number of fused-ring (bicyclic) bond motifs is 3. The summed E-state index contributed by atoms with van der Waals surface area (Å²) in [5.41, 5.74) is 2.83. The monoisotopic (exact) mass is 314 g/mol. The number of aryl methyl sites for hydroxylation is 1. The van der Waals surface area contributed by atoms with Gasteiger partial charge in [-0.1, -0.05) is 18.2 Å². The van der Waals surface area contributed by atoms with E-state index in [9.17, 15) is 9.90 Å². The fourth-order valence-electron chi connectivity index (χ4n) is 3.41. The van der Waals surface area contributed by atoms with Crippen LogP contribution >= 0.6 is 11.3 Å². The second-order valence-corrected chi connectivity index (χ2v) is 7.04. The van der Waals surface area contributed by atoms with E-state index in [1.807, 2.05) is 12.1 Å². The normalized spacial score (nSPS) is 20.3. The molecule has 2 aliphatic rings. The molecule has 2 heterocycles. The van der Waals surface area contributed by atoms with Crippen LogP contribution in [0.3, 0.4) is 0 Å². The third kappa shape index (κ3) is 1.92. The van der Waals surface area contributed by atoms with Crippen LogP contribution in [0.25, 0.3) is 0 Å². The number of phenolic OH excluding ortho intramolecular Hbond substituents is 1. The minimum absolute atomic E-state index is 0.0569. The van der Waals surface area contributed by atoms with E-state index in [1.54, 1.807) is 35.4 Å². The first kappa shape index (κ1) is 13.6. The molecule has 114 valence electrons. The van der Waals surface area contributed by atoms with Crippen molar-refractivity contribution in [2.75, 3.05) is 12.4 Å². The van der Waals surface area contributed by atoms with Crippen LogP contribution in [0.4, 0.5) is 5.00 Å². The van der Waals surface area contributed by atoms with Crippen molar-refractivity contribution in [1.82, 2.24) is 4.90 Å². The Morgan fingerprint density at radius 3 is 2.86 bits per heavy atom. The van der Waals surface area contributed by atoms with E-state index in [2.05, 4.69) is 5.32 Å². The molecular weight excluding hydrogens is 296 g/mol. The summed E-state index contributed by atoms with van der Waals surface area (Å²) in [7, 11) is 1.79. The number of phenols is 1. The van der Waals surface area contributed by atoms with E-state index >= 15 is 0 Å². The first-order valence-corrected chi connectivity index (χ1v) is 8.44. The molecular formula is C17H18N2O2S. The zero-order chi connectivity index (χ0) is 15.3. The van der Waals surface area contributed by atoms with Gasteiger partial charge in [0, 0.05) is 17.5 Å². The number of hydrogen-bond donors (Lipinski definition) is 2. The van der Waals surface area contributed by atoms with Crippen LogP contribution < -0.4 is 5.32 Å². The van der Waals surface area contributed by atoms with Gasteiger partial charge in [0.25, 0.3) is 5.91 Å². The molecule has 1 amide bonds. The Morgan fingerprint density at radius 1 is 1.27 bits per heavy atom. The molecule has 4 nitrogen and oxygen atoms in total. The van der Waals surface area contributed by atoms with Crippen LogP contribution in [-0.4, -0.2) is 23.0 Å². The minimum atomic E-state index is -0.318. The Kier molecular flexibility index (Phi) is 3.11. The predicted octanol–water partition coefficient (Wildman–Crippen LogP) is 3.53. The Labute approximate surface area is 133 Å². The fourth-order valence-corrected chi connectivity index (χ4v) is 4.72. The molecule has 0 unspecified atom stereocenters. The molecule has 0 fully saturated rings. The smallest absolute Gasteiger partial charge is 0.258 e. The van der Waals surface area contributed by atoms with E-state index in [4.69, 9.17) is 0 Å². The molecule has 2 aromatic rings. The molecule has 2 N–H and O–H groups in total. The van der Waals surface area contributed by atoms with Gasteiger partial charge < -0.3 is 15.3 Å². The van der Waals surface area contributed by atoms with Crippen LogP contribution in [0, 0.1) is 0 Å². The molecule has 4 rings (SSSR count). The minimum Gasteiger partial charge on any atom is -0.508 e. The Morgan fingerprint density at radius 2 is 2.05 bits per heavy atom. The van der Waals surface area contributed by atoms with Gasteiger partial charge in [0.05, 0.1) is 5.56 Å². The van der Waals surface area contributed by atoms with Gasteiger partial charge in [-0.05, 0) is 37.3 Å². The van der Waals surface area contributed by atoms with Crippen LogP contribution in [-0.2, 0) is 12.8 Å². The van der Waals surface area contributed by atoms with Gasteiger partial charge in [-0.2, -0.15) is 0 Å². The molecule has 0 radical (unpaired) electrons. The highest BCUT2D eigenvalue weighted by molar-refractivity contribution is 7.16. The number of anilines is 1. The van der Waals surface area contributed by atoms with Crippen LogP contribution in [0.5, 0.6) is 5.75 Å². The van der Waals surface area contributed by atoms with Crippen molar-refractivity contribution in [2.24, 2.45) is 0 Å². The average Bonchev–Trinajstić information content (AvgIpc) is 2.90. The maximum absolute atomic E-state index is 12.9. The summed E-state index contributed by atoms with van der Waals surface area (Å²) in [6.45, 7) is 0. The number of carbonyl (C=O) groups is 1. The molecule has 0 saturated carbocycles. The van der Waals surface area contributed by atoms with Crippen molar-refractivity contribution in [2.45, 2.75) is 31.8 Å². The van der Waals surface area contributed by atoms with Crippen LogP contribution in [0.2, 0.25) is 0 Å². The van der Waals surface area contributed by atoms with Crippen molar-refractivity contribution < 1.29 is 9.90 Å². The molecule has 1 aromatic carbocycles. The summed E-state index contributed by atoms with van der Waals surface area (Å²) >= 11 is 1.71. The molecule has 1 aromatic heterocycles. The van der Waals surface area contributed by atoms with Gasteiger partial charge in [0.15, 0.2) is 0 Å². The third-order valence-electron chi connectivity index (χ3n) is 4.59. The number of nitrogens with one attached hydrogen (secondary N) is 1. The first-order valence-electron chi connectivity index (χ1n) is 7.63. The van der Waals surface area contributed by atoms with Crippen LogP contribution in [0.15, 0.2) is 24.3 Å². The van der Waals surface area contributed by atoms with E-state index in [0.717, 1.165) is 35.4 Å². The molecule has 0 saturated heterocycles. The highest BCUT2D eigenvalue weighted by atomic mass is 32.1. The lowest BCUT2D eigenvalue weighted by Gasteiger charge is -2.34. The van der Waals surface area contributed by atoms with Gasteiger partial charge >= 0.3 is 0 Å². The molecule has 22 heavy (non-hydrogen) atoms. The lowest BCUT2D eigenvalue weighted by molar-refractivity contribution is 0.0734. The first-order chi connectivity index (χ1) is 10.7. The van der Waals surface area contributed by atoms with Gasteiger partial charge in [0.1, 0.15) is 16.9 Å². The summed E-state index contributed by atoms with van der Waals surface area (Å²) in [5.74, 6) is 0.269. The van der Waals surface area contributed by atoms with Crippen molar-refractivity contribution >= 4 is 22.2 Å². The summed E-state index contributed by atoms with van der Waals surface area (Å²) < 4.78 is 0. The quantitative estimate of drug-likeness (QED) is 0.846. The number of benzene rings is 1. The summed E-state index contributed by atoms with van der Waals surface area (Å²) in [5, 5.41) is 14.5. The number of hydrogen-bond acceptors (Lipinski definition) is 4. The number of aromatic hydroxyl groups is 1. The van der Waals surface area contributed by atoms with Gasteiger partial charge in [-0.15, -0.1) is 11.3 Å². The zero-order valence-corrected chi connectivity index (χ0v) is 13.2. The van der Waals surface area contributed by atoms with Crippen molar-refractivity contribution in [3.8, 4) is 5.75 Å². The number of para-hydroxylation sites is 1. The maximum atomic E-state index is 12.9. The Hall–Kier alpha value is -2.01. The van der Waals surface area contributed by atoms with Crippen molar-refractivity contribution in [3.05, 3.63) is 45.8 Å². The molecule has 0 bridgehead atoms. The summed E-state index contributed by atoms with van der Waals surface area (Å²) in [6, 6.07) is 7.18. The predicted molar refractivity (Wildman–Crippen MR) is 87.5 cm³/mol. The maximum Gasteiger partial charge on any atom is 0.258 e. The van der Waals surface area contributed by atoms with Crippen LogP contribution in [0.1, 0.15) is 45.4 Å².